The van der Waals surface area contributed by atoms with E-state index in [9.17, 15) is 0 Å². The van der Waals surface area contributed by atoms with Crippen molar-refractivity contribution in [3.05, 3.63) is 36.0 Å². The first kappa shape index (κ1) is 16.6. The van der Waals surface area contributed by atoms with Gasteiger partial charge < -0.3 is 10.5 Å². The van der Waals surface area contributed by atoms with Crippen LogP contribution in [0.15, 0.2) is 29.6 Å². The fourth-order valence-corrected chi connectivity index (χ4v) is 1.90. The molecule has 0 atom stereocenters. The summed E-state index contributed by atoms with van der Waals surface area (Å²) in [7, 11) is 0. The van der Waals surface area contributed by atoms with Crippen LogP contribution in [0.25, 0.3) is 11.1 Å². The predicted molar refractivity (Wildman–Crippen MR) is 88.5 cm³/mol. The zero-order chi connectivity index (χ0) is 16.7. The van der Waals surface area contributed by atoms with Gasteiger partial charge in [-0.3, -0.25) is 4.98 Å². The zero-order valence-electron chi connectivity index (χ0n) is 13.3. The molecular weight excluding hydrogens is 294 g/mol. The number of ether oxygens (including phenoxy) is 1. The molecule has 0 spiro atoms. The van der Waals surface area contributed by atoms with Gasteiger partial charge in [0.1, 0.15) is 11.5 Å². The Kier molecular flexibility index (Phi) is 5.81. The number of unbranched alkanes of at least 4 members (excludes halogenated alkanes) is 1. The van der Waals surface area contributed by atoms with Gasteiger partial charge in [-0.2, -0.15) is 4.98 Å². The molecule has 0 amide bonds. The van der Waals surface area contributed by atoms with Gasteiger partial charge in [0.05, 0.1) is 12.2 Å². The van der Waals surface area contributed by atoms with Crippen LogP contribution in [0.1, 0.15) is 31.3 Å². The van der Waals surface area contributed by atoms with Crippen molar-refractivity contribution in [1.29, 1.82) is 0 Å². The van der Waals surface area contributed by atoms with E-state index in [0.29, 0.717) is 24.0 Å². The first-order valence-electron chi connectivity index (χ1n) is 7.37. The van der Waals surface area contributed by atoms with Gasteiger partial charge in [0.15, 0.2) is 5.84 Å². The third-order valence-corrected chi connectivity index (χ3v) is 3.13. The second-order valence-electron chi connectivity index (χ2n) is 4.90. The van der Waals surface area contributed by atoms with Crippen molar-refractivity contribution in [3.63, 3.8) is 0 Å². The second-order valence-corrected chi connectivity index (χ2v) is 4.90. The van der Waals surface area contributed by atoms with Crippen LogP contribution < -0.4 is 21.8 Å². The molecular formula is C15H21N7O. The summed E-state index contributed by atoms with van der Waals surface area (Å²) >= 11 is 0. The highest BCUT2D eigenvalue weighted by Gasteiger charge is 2.11. The number of nitrogens with zero attached hydrogens (tertiary/aromatic N) is 4. The van der Waals surface area contributed by atoms with Crippen molar-refractivity contribution < 1.29 is 4.74 Å². The predicted octanol–water partition coefficient (Wildman–Crippen LogP) is 1.11. The maximum absolute atomic E-state index is 5.78. The Morgan fingerprint density at radius 2 is 2.13 bits per heavy atom. The van der Waals surface area contributed by atoms with Crippen LogP contribution in [-0.2, 0) is 0 Å². The Hall–Kier alpha value is -2.74. The second kappa shape index (κ2) is 8.04. The lowest BCUT2D eigenvalue weighted by atomic mass is 10.1. The summed E-state index contributed by atoms with van der Waals surface area (Å²) in [5.41, 5.74) is 10.0. The monoisotopic (exact) mass is 315 g/mol. The smallest absolute Gasteiger partial charge is 0.224 e. The van der Waals surface area contributed by atoms with Gasteiger partial charge in [-0.05, 0) is 19.4 Å². The molecule has 0 saturated heterocycles. The molecule has 8 nitrogen and oxygen atoms in total. The highest BCUT2D eigenvalue weighted by Crippen LogP contribution is 2.27. The number of hydrazone groups is 1. The Morgan fingerprint density at radius 3 is 2.78 bits per heavy atom. The maximum atomic E-state index is 5.78. The topological polar surface area (TPSA) is 124 Å². The highest BCUT2D eigenvalue weighted by atomic mass is 16.5. The van der Waals surface area contributed by atoms with Crippen LogP contribution in [0.5, 0.6) is 5.88 Å². The number of aryl methyl sites for hydroxylation is 1. The molecule has 0 radical (unpaired) electrons. The van der Waals surface area contributed by atoms with Gasteiger partial charge in [-0.1, -0.05) is 19.4 Å². The summed E-state index contributed by atoms with van der Waals surface area (Å²) in [6, 6.07) is 3.61. The number of nitrogens with two attached hydrogens (primary N) is 2. The van der Waals surface area contributed by atoms with E-state index in [2.05, 4.69) is 32.5 Å². The van der Waals surface area contributed by atoms with Crippen LogP contribution in [-0.4, -0.2) is 27.4 Å². The normalized spacial score (nSPS) is 11.3. The molecule has 2 aromatic heterocycles. The minimum atomic E-state index is 0.207. The van der Waals surface area contributed by atoms with E-state index in [0.717, 1.165) is 24.0 Å². The van der Waals surface area contributed by atoms with E-state index in [1.54, 1.807) is 18.5 Å². The van der Waals surface area contributed by atoms with Gasteiger partial charge in [0.2, 0.25) is 5.88 Å². The number of pyridine rings is 1. The molecule has 0 aliphatic heterocycles. The Balaban J connectivity index is 2.28. The van der Waals surface area contributed by atoms with Crippen LogP contribution in [0, 0.1) is 6.92 Å². The van der Waals surface area contributed by atoms with Gasteiger partial charge in [-0.15, -0.1) is 5.10 Å². The minimum Gasteiger partial charge on any atom is -0.477 e. The number of hydrogen-bond acceptors (Lipinski definition) is 7. The molecule has 0 unspecified atom stereocenters. The van der Waals surface area contributed by atoms with Crippen molar-refractivity contribution in [2.45, 2.75) is 26.7 Å². The molecule has 2 aromatic rings. The number of nitrogens with one attached hydrogen (secondary N) is 1. The molecule has 2 heterocycles. The molecule has 2 rings (SSSR count). The summed E-state index contributed by atoms with van der Waals surface area (Å²) in [5.74, 6) is 6.53. The van der Waals surface area contributed by atoms with E-state index >= 15 is 0 Å². The van der Waals surface area contributed by atoms with Crippen molar-refractivity contribution in [2.24, 2.45) is 16.7 Å². The zero-order valence-corrected chi connectivity index (χ0v) is 13.3. The van der Waals surface area contributed by atoms with Crippen LogP contribution in [0.2, 0.25) is 0 Å². The molecule has 0 fully saturated rings. The molecule has 0 saturated carbocycles. The lowest BCUT2D eigenvalue weighted by molar-refractivity contribution is 0.298. The number of hydrogen-bond donors (Lipinski definition) is 3. The maximum Gasteiger partial charge on any atom is 0.224 e. The number of aromatic nitrogens is 3. The third kappa shape index (κ3) is 4.36. The van der Waals surface area contributed by atoms with Crippen molar-refractivity contribution in [1.82, 2.24) is 20.5 Å². The standard InChI is InChI=1S/C15H21N7O/c1-3-4-7-23-15-12(9-18-10(2)20-15)11-5-6-13(19-8-11)14(16)21-22-17/h5-6,8-9,22H,3-4,7,17H2,1-2H3,(H2,16,21). The average molecular weight is 315 g/mol. The minimum absolute atomic E-state index is 0.207. The molecule has 0 aliphatic rings. The Labute approximate surface area is 135 Å². The van der Waals surface area contributed by atoms with E-state index in [-0.39, 0.29) is 5.84 Å². The van der Waals surface area contributed by atoms with E-state index in [1.165, 1.54) is 0 Å². The quantitative estimate of drug-likeness (QED) is 0.230. The summed E-state index contributed by atoms with van der Waals surface area (Å²) < 4.78 is 5.78. The average Bonchev–Trinajstić information content (AvgIpc) is 2.56. The van der Waals surface area contributed by atoms with E-state index in [1.807, 2.05) is 13.0 Å². The van der Waals surface area contributed by atoms with Crippen LogP contribution in [0.3, 0.4) is 0 Å². The van der Waals surface area contributed by atoms with Gasteiger partial charge >= 0.3 is 0 Å². The summed E-state index contributed by atoms with van der Waals surface area (Å²) in [6.07, 6.45) is 5.44. The Bertz CT molecular complexity index is 670. The first-order valence-corrected chi connectivity index (χ1v) is 7.37. The molecule has 0 aliphatic carbocycles. The molecule has 122 valence electrons. The van der Waals surface area contributed by atoms with Gasteiger partial charge in [0.25, 0.3) is 0 Å². The van der Waals surface area contributed by atoms with E-state index < -0.39 is 0 Å². The van der Waals surface area contributed by atoms with Crippen LogP contribution >= 0.6 is 0 Å². The van der Waals surface area contributed by atoms with Crippen LogP contribution in [0.4, 0.5) is 0 Å². The molecule has 8 heteroatoms. The molecule has 0 aromatic carbocycles. The number of amidine groups is 1. The largest absolute Gasteiger partial charge is 0.477 e. The number of rotatable bonds is 7. The van der Waals surface area contributed by atoms with Crippen molar-refractivity contribution in [3.8, 4) is 17.0 Å². The third-order valence-electron chi connectivity index (χ3n) is 3.13. The van der Waals surface area contributed by atoms with Gasteiger partial charge in [0, 0.05) is 18.0 Å². The van der Waals surface area contributed by atoms with Crippen molar-refractivity contribution >= 4 is 5.84 Å². The lowest BCUT2D eigenvalue weighted by Gasteiger charge is -2.10. The van der Waals surface area contributed by atoms with Gasteiger partial charge in [-0.25, -0.2) is 16.4 Å². The molecule has 5 N–H and O–H groups in total. The fourth-order valence-electron chi connectivity index (χ4n) is 1.90. The van der Waals surface area contributed by atoms with Crippen molar-refractivity contribution in [2.75, 3.05) is 6.61 Å². The first-order chi connectivity index (χ1) is 11.2. The Morgan fingerprint density at radius 1 is 1.30 bits per heavy atom. The van der Waals surface area contributed by atoms with E-state index in [4.69, 9.17) is 16.3 Å². The summed E-state index contributed by atoms with van der Waals surface area (Å²) in [4.78, 5) is 12.9. The summed E-state index contributed by atoms with van der Waals surface area (Å²) in [6.45, 7) is 4.56. The highest BCUT2D eigenvalue weighted by molar-refractivity contribution is 5.95. The molecule has 0 bridgehead atoms. The summed E-state index contributed by atoms with van der Waals surface area (Å²) in [5, 5.41) is 3.69. The number of hydrazine groups is 1. The lowest BCUT2D eigenvalue weighted by Crippen LogP contribution is -2.23. The fraction of sp³-hybridized carbons (Fsp3) is 0.333. The SMILES string of the molecule is CCCCOc1nc(C)ncc1-c1ccc(/C(N)=N/NN)nc1. The molecule has 23 heavy (non-hydrogen) atoms.